The molecule has 1 amide bonds. The second-order valence-electron chi connectivity index (χ2n) is 10.9. The number of fused-ring (bicyclic) bond motifs is 1. The molecule has 11 heteroatoms. The number of benzene rings is 4. The summed E-state index contributed by atoms with van der Waals surface area (Å²) < 4.78 is 6.75. The van der Waals surface area contributed by atoms with E-state index in [1.807, 2.05) is 73.7 Å². The van der Waals surface area contributed by atoms with Gasteiger partial charge in [-0.15, -0.1) is 21.5 Å². The molecule has 1 atom stereocenters. The van der Waals surface area contributed by atoms with Crippen LogP contribution >= 0.6 is 34.4 Å². The van der Waals surface area contributed by atoms with Crippen LogP contribution in [0.5, 0.6) is 5.75 Å². The Morgan fingerprint density at radius 3 is 2.51 bits per heavy atom. The molecule has 3 heterocycles. The third-order valence-corrected chi connectivity index (χ3v) is 11.0. The van der Waals surface area contributed by atoms with Gasteiger partial charge in [-0.25, -0.2) is 4.98 Å². The van der Waals surface area contributed by atoms with Gasteiger partial charge in [0.1, 0.15) is 12.4 Å². The number of carbonyl (C=O) groups excluding carboxylic acids is 2. The number of ether oxygens (including phenoxy) is 1. The summed E-state index contributed by atoms with van der Waals surface area (Å²) in [5, 5.41) is 23.4. The maximum Gasteiger partial charge on any atom is 0.296 e. The van der Waals surface area contributed by atoms with Crippen LogP contribution in [0, 0.1) is 13.8 Å². The van der Waals surface area contributed by atoms with Crippen LogP contribution in [0.4, 0.5) is 5.13 Å². The van der Waals surface area contributed by atoms with E-state index in [2.05, 4.69) is 39.4 Å². The third-order valence-electron chi connectivity index (χ3n) is 7.82. The number of aliphatic hydroxyl groups is 1. The maximum atomic E-state index is 14.1. The van der Waals surface area contributed by atoms with Gasteiger partial charge >= 0.3 is 0 Å². The van der Waals surface area contributed by atoms with Crippen LogP contribution in [-0.2, 0) is 17.2 Å². The number of carbonyl (C=O) groups is 2. The minimum atomic E-state index is -0.957. The molecule has 6 aromatic rings. The van der Waals surface area contributed by atoms with E-state index in [1.165, 1.54) is 44.7 Å². The van der Waals surface area contributed by atoms with Gasteiger partial charge in [-0.2, -0.15) is 0 Å². The number of thiazole rings is 1. The smallest absolute Gasteiger partial charge is 0.296 e. The fourth-order valence-corrected chi connectivity index (χ4v) is 8.39. The molecule has 1 aliphatic rings. The van der Waals surface area contributed by atoms with Gasteiger partial charge in [0.05, 0.1) is 27.2 Å². The molecule has 1 N–H and O–H groups in total. The van der Waals surface area contributed by atoms with Crippen LogP contribution in [0.25, 0.3) is 10.8 Å². The lowest BCUT2D eigenvalue weighted by molar-refractivity contribution is -0.117. The number of ketones is 1. The Hall–Kier alpha value is -4.84. The maximum absolute atomic E-state index is 14.1. The van der Waals surface area contributed by atoms with E-state index in [9.17, 15) is 14.7 Å². The normalized spacial score (nSPS) is 14.7. The minimum Gasteiger partial charge on any atom is -0.503 e. The summed E-state index contributed by atoms with van der Waals surface area (Å²) in [5.41, 5.74) is 3.28. The van der Waals surface area contributed by atoms with E-state index in [-0.39, 0.29) is 10.7 Å². The molecule has 0 saturated carbocycles. The van der Waals surface area contributed by atoms with Gasteiger partial charge in [-0.3, -0.25) is 14.5 Å². The Morgan fingerprint density at radius 1 is 0.936 bits per heavy atom. The van der Waals surface area contributed by atoms with Crippen LogP contribution in [0.15, 0.2) is 113 Å². The molecule has 8 nitrogen and oxygen atoms in total. The Kier molecular flexibility index (Phi) is 8.59. The second kappa shape index (κ2) is 13.1. The number of nitrogens with zero attached hydrogens (tertiary/aromatic N) is 4. The summed E-state index contributed by atoms with van der Waals surface area (Å²) in [6.07, 6.45) is 0. The molecule has 0 spiro atoms. The average Bonchev–Trinajstić information content (AvgIpc) is 3.78. The van der Waals surface area contributed by atoms with Gasteiger partial charge in [0.25, 0.3) is 5.91 Å². The molecule has 0 aliphatic carbocycles. The number of anilines is 1. The van der Waals surface area contributed by atoms with Crippen molar-refractivity contribution in [1.82, 2.24) is 15.2 Å². The van der Waals surface area contributed by atoms with E-state index in [4.69, 9.17) is 4.74 Å². The predicted molar refractivity (Wildman–Crippen MR) is 186 cm³/mol. The quantitative estimate of drug-likeness (QED) is 0.0876. The van der Waals surface area contributed by atoms with Gasteiger partial charge in [0.2, 0.25) is 10.9 Å². The zero-order valence-corrected chi connectivity index (χ0v) is 27.9. The fourth-order valence-electron chi connectivity index (χ4n) is 5.65. The largest absolute Gasteiger partial charge is 0.503 e. The number of aromatic nitrogens is 3. The lowest BCUT2D eigenvalue weighted by Gasteiger charge is -2.24. The van der Waals surface area contributed by atoms with E-state index in [0.717, 1.165) is 21.5 Å². The van der Waals surface area contributed by atoms with Gasteiger partial charge in [-0.05, 0) is 53.4 Å². The summed E-state index contributed by atoms with van der Waals surface area (Å²) in [7, 11) is 0. The highest BCUT2D eigenvalue weighted by molar-refractivity contribution is 8.00. The SMILES string of the molecule is Cc1nc(C)c(C(=O)C2=C(O)C(=O)N(c3nnc(SCc4cccc5ccccc45)s3)C2c2cccc(OCc3ccccc3)c2)s1. The molecule has 234 valence electrons. The van der Waals surface area contributed by atoms with Crippen molar-refractivity contribution in [2.45, 2.75) is 36.6 Å². The van der Waals surface area contributed by atoms with Crippen LogP contribution in [0.1, 0.15) is 43.1 Å². The topological polar surface area (TPSA) is 106 Å². The van der Waals surface area contributed by atoms with Crippen LogP contribution < -0.4 is 9.64 Å². The first-order valence-corrected chi connectivity index (χ1v) is 17.4. The van der Waals surface area contributed by atoms with E-state index in [1.54, 1.807) is 13.0 Å². The first-order valence-electron chi connectivity index (χ1n) is 14.8. The highest BCUT2D eigenvalue weighted by Crippen LogP contribution is 2.45. The number of thioether (sulfide) groups is 1. The summed E-state index contributed by atoms with van der Waals surface area (Å²) in [6.45, 7) is 3.91. The molecule has 0 fully saturated rings. The second-order valence-corrected chi connectivity index (χ2v) is 14.3. The van der Waals surface area contributed by atoms with Crippen molar-refractivity contribution in [3.05, 3.63) is 141 Å². The summed E-state index contributed by atoms with van der Waals surface area (Å²) >= 11 is 4.00. The van der Waals surface area contributed by atoms with Crippen molar-refractivity contribution in [3.63, 3.8) is 0 Å². The highest BCUT2D eigenvalue weighted by Gasteiger charge is 2.47. The molecule has 0 radical (unpaired) electrons. The lowest BCUT2D eigenvalue weighted by Crippen LogP contribution is -2.31. The van der Waals surface area contributed by atoms with Crippen molar-refractivity contribution in [3.8, 4) is 5.75 Å². The Morgan fingerprint density at radius 2 is 1.70 bits per heavy atom. The number of rotatable bonds is 10. The average molecular weight is 677 g/mol. The first-order chi connectivity index (χ1) is 22.9. The van der Waals surface area contributed by atoms with Gasteiger partial charge < -0.3 is 9.84 Å². The molecule has 1 aliphatic heterocycles. The molecule has 4 aromatic carbocycles. The number of amides is 1. The molecule has 47 heavy (non-hydrogen) atoms. The molecule has 0 saturated heterocycles. The Labute approximate surface area is 283 Å². The molecular weight excluding hydrogens is 649 g/mol. The number of Topliss-reactive ketones (excluding diaryl/α,β-unsaturated/α-hetero) is 1. The van der Waals surface area contributed by atoms with Crippen LogP contribution in [0.2, 0.25) is 0 Å². The van der Waals surface area contributed by atoms with E-state index in [0.29, 0.717) is 38.6 Å². The fraction of sp³-hybridized carbons (Fsp3) is 0.139. The number of hydrogen-bond acceptors (Lipinski definition) is 10. The summed E-state index contributed by atoms with van der Waals surface area (Å²) in [6, 6.07) is 30.5. The first kappa shape index (κ1) is 30.8. The molecular formula is C36H28N4O4S3. The predicted octanol–water partition coefficient (Wildman–Crippen LogP) is 8.42. The minimum absolute atomic E-state index is 0.0258. The Balaban J connectivity index is 1.22. The Bertz CT molecular complexity index is 2150. The van der Waals surface area contributed by atoms with Gasteiger partial charge in [0.15, 0.2) is 10.1 Å². The van der Waals surface area contributed by atoms with Gasteiger partial charge in [0, 0.05) is 5.75 Å². The standard InChI is InChI=1S/C36H28N4O4S3/c1-21-33(46-22(2)37-21)31(41)29-30(25-14-9-16-27(18-25)44-19-23-10-4-3-5-11-23)40(34(43)32(29)42)35-38-39-36(47-35)45-20-26-15-8-13-24-12-6-7-17-28(24)26/h3-18,30,42H,19-20H2,1-2H3. The van der Waals surface area contributed by atoms with Crippen molar-refractivity contribution in [2.24, 2.45) is 0 Å². The van der Waals surface area contributed by atoms with Crippen LogP contribution in [-0.4, -0.2) is 32.0 Å². The van der Waals surface area contributed by atoms with Crippen molar-refractivity contribution < 1.29 is 19.4 Å². The third kappa shape index (κ3) is 6.17. The summed E-state index contributed by atoms with van der Waals surface area (Å²) in [5.74, 6) is -0.552. The molecule has 1 unspecified atom stereocenters. The van der Waals surface area contributed by atoms with Crippen LogP contribution in [0.3, 0.4) is 0 Å². The summed E-state index contributed by atoms with van der Waals surface area (Å²) in [4.78, 5) is 34.0. The number of aryl methyl sites for hydroxylation is 2. The van der Waals surface area contributed by atoms with E-state index >= 15 is 0 Å². The van der Waals surface area contributed by atoms with Gasteiger partial charge in [-0.1, -0.05) is 108 Å². The number of aliphatic hydroxyl groups excluding tert-OH is 1. The van der Waals surface area contributed by atoms with Crippen molar-refractivity contribution >= 4 is 62.0 Å². The van der Waals surface area contributed by atoms with E-state index < -0.39 is 23.5 Å². The van der Waals surface area contributed by atoms with Crippen molar-refractivity contribution in [1.29, 1.82) is 0 Å². The monoisotopic (exact) mass is 676 g/mol. The zero-order chi connectivity index (χ0) is 32.5. The lowest BCUT2D eigenvalue weighted by atomic mass is 9.95. The van der Waals surface area contributed by atoms with Crippen molar-refractivity contribution in [2.75, 3.05) is 4.90 Å². The number of hydrogen-bond donors (Lipinski definition) is 1. The highest BCUT2D eigenvalue weighted by atomic mass is 32.2. The molecule has 0 bridgehead atoms. The molecule has 2 aromatic heterocycles. The zero-order valence-electron chi connectivity index (χ0n) is 25.4. The molecule has 7 rings (SSSR count).